The minimum atomic E-state index is 0.537. The second-order valence-electron chi connectivity index (χ2n) is 9.24. The van der Waals surface area contributed by atoms with E-state index in [1.807, 2.05) is 0 Å². The molecule has 0 aromatic rings. The fourth-order valence-electron chi connectivity index (χ4n) is 7.10. The molecule has 4 bridgehead atoms. The van der Waals surface area contributed by atoms with Gasteiger partial charge in [-0.3, -0.25) is 0 Å². The van der Waals surface area contributed by atoms with Gasteiger partial charge in [0.05, 0.1) is 0 Å². The number of hydrogen-bond donors (Lipinski definition) is 1. The Bertz CT molecular complexity index is 414. The van der Waals surface area contributed by atoms with Crippen molar-refractivity contribution in [2.45, 2.75) is 84.6 Å². The highest BCUT2D eigenvalue weighted by molar-refractivity contribution is 5.13. The standard InChI is InChI=1S/C20H33N/c1-5-7-8-17(21-9-6-2)20-12-16-10-18(3,14-20)13-19(4,11-16)15-20/h1,16-17,21H,6-15H2,2-4H3. The highest BCUT2D eigenvalue weighted by Crippen LogP contribution is 2.70. The predicted octanol–water partition coefficient (Wildman–Crippen LogP) is 4.76. The number of nitrogens with one attached hydrogen (secondary N) is 1. The average Bonchev–Trinajstić information content (AvgIpc) is 2.34. The van der Waals surface area contributed by atoms with Crippen molar-refractivity contribution in [3.63, 3.8) is 0 Å². The summed E-state index contributed by atoms with van der Waals surface area (Å²) in [6, 6.07) is 0.649. The Labute approximate surface area is 131 Å². The first-order valence-corrected chi connectivity index (χ1v) is 9.10. The van der Waals surface area contributed by atoms with Crippen molar-refractivity contribution in [3.8, 4) is 12.3 Å². The largest absolute Gasteiger partial charge is 0.313 e. The molecule has 1 nitrogen and oxygen atoms in total. The van der Waals surface area contributed by atoms with Crippen LogP contribution in [0.2, 0.25) is 0 Å². The van der Waals surface area contributed by atoms with E-state index in [1.54, 1.807) is 0 Å². The van der Waals surface area contributed by atoms with Crippen molar-refractivity contribution in [2.75, 3.05) is 6.54 Å². The third-order valence-electron chi connectivity index (χ3n) is 6.63. The second-order valence-corrected chi connectivity index (χ2v) is 9.24. The van der Waals surface area contributed by atoms with Crippen LogP contribution in [0.5, 0.6) is 0 Å². The first kappa shape index (κ1) is 15.4. The zero-order chi connectivity index (χ0) is 15.1. The molecule has 0 radical (unpaired) electrons. The Kier molecular flexibility index (Phi) is 3.90. The Hall–Kier alpha value is -0.480. The molecule has 4 fully saturated rings. The molecule has 0 aromatic heterocycles. The van der Waals surface area contributed by atoms with Crippen LogP contribution in [-0.4, -0.2) is 12.6 Å². The SMILES string of the molecule is C#CCCC(NCCC)C12CC3CC(C)(CC(C)(C3)C1)C2. The first-order chi connectivity index (χ1) is 9.93. The van der Waals surface area contributed by atoms with Crippen LogP contribution in [0.1, 0.15) is 78.6 Å². The fraction of sp³-hybridized carbons (Fsp3) is 0.900. The van der Waals surface area contributed by atoms with Gasteiger partial charge in [0.2, 0.25) is 0 Å². The van der Waals surface area contributed by atoms with Gasteiger partial charge in [-0.05, 0) is 80.1 Å². The van der Waals surface area contributed by atoms with Gasteiger partial charge in [0.25, 0.3) is 0 Å². The minimum Gasteiger partial charge on any atom is -0.313 e. The molecule has 0 aromatic carbocycles. The Morgan fingerprint density at radius 3 is 2.33 bits per heavy atom. The van der Waals surface area contributed by atoms with Crippen molar-refractivity contribution in [1.29, 1.82) is 0 Å². The van der Waals surface area contributed by atoms with Crippen LogP contribution in [0, 0.1) is 34.5 Å². The van der Waals surface area contributed by atoms with E-state index in [0.29, 0.717) is 22.3 Å². The molecule has 0 amide bonds. The number of rotatable bonds is 6. The molecular formula is C20H33N. The zero-order valence-electron chi connectivity index (χ0n) is 14.3. The van der Waals surface area contributed by atoms with E-state index in [-0.39, 0.29) is 0 Å². The summed E-state index contributed by atoms with van der Waals surface area (Å²) in [7, 11) is 0. The van der Waals surface area contributed by atoms with Gasteiger partial charge >= 0.3 is 0 Å². The molecule has 1 N–H and O–H groups in total. The summed E-state index contributed by atoms with van der Waals surface area (Å²) >= 11 is 0. The van der Waals surface area contributed by atoms with E-state index in [0.717, 1.165) is 18.9 Å². The lowest BCUT2D eigenvalue weighted by molar-refractivity contribution is -0.158. The molecule has 0 spiro atoms. The van der Waals surface area contributed by atoms with E-state index < -0.39 is 0 Å². The molecule has 4 saturated carbocycles. The molecular weight excluding hydrogens is 254 g/mol. The number of terminal acetylenes is 1. The second kappa shape index (κ2) is 5.31. The maximum absolute atomic E-state index is 5.57. The Morgan fingerprint density at radius 1 is 1.14 bits per heavy atom. The average molecular weight is 287 g/mol. The van der Waals surface area contributed by atoms with Crippen LogP contribution in [0.4, 0.5) is 0 Å². The molecule has 4 aliphatic rings. The maximum atomic E-state index is 5.57. The van der Waals surface area contributed by atoms with Crippen molar-refractivity contribution >= 4 is 0 Å². The summed E-state index contributed by atoms with van der Waals surface area (Å²) < 4.78 is 0. The third-order valence-corrected chi connectivity index (χ3v) is 6.63. The minimum absolute atomic E-state index is 0.537. The van der Waals surface area contributed by atoms with Gasteiger partial charge in [0, 0.05) is 12.5 Å². The fourth-order valence-corrected chi connectivity index (χ4v) is 7.10. The molecule has 118 valence electrons. The van der Waals surface area contributed by atoms with E-state index in [9.17, 15) is 0 Å². The Morgan fingerprint density at radius 2 is 1.81 bits per heavy atom. The Balaban J connectivity index is 1.85. The van der Waals surface area contributed by atoms with E-state index >= 15 is 0 Å². The highest BCUT2D eigenvalue weighted by atomic mass is 14.9. The van der Waals surface area contributed by atoms with Crippen molar-refractivity contribution in [2.24, 2.45) is 22.2 Å². The van der Waals surface area contributed by atoms with Crippen LogP contribution in [0.3, 0.4) is 0 Å². The normalized spacial score (nSPS) is 45.5. The van der Waals surface area contributed by atoms with Crippen LogP contribution in [-0.2, 0) is 0 Å². The van der Waals surface area contributed by atoms with Gasteiger partial charge in [-0.15, -0.1) is 12.3 Å². The van der Waals surface area contributed by atoms with Gasteiger partial charge in [0.1, 0.15) is 0 Å². The van der Waals surface area contributed by atoms with E-state index in [2.05, 4.69) is 32.0 Å². The summed E-state index contributed by atoms with van der Waals surface area (Å²) in [5, 5.41) is 3.90. The van der Waals surface area contributed by atoms with Gasteiger partial charge in [-0.25, -0.2) is 0 Å². The summed E-state index contributed by atoms with van der Waals surface area (Å²) in [6.45, 7) is 8.56. The quantitative estimate of drug-likeness (QED) is 0.694. The van der Waals surface area contributed by atoms with Crippen LogP contribution in [0.25, 0.3) is 0 Å². The van der Waals surface area contributed by atoms with Gasteiger partial charge < -0.3 is 5.32 Å². The van der Waals surface area contributed by atoms with Crippen LogP contribution < -0.4 is 5.32 Å². The van der Waals surface area contributed by atoms with Crippen molar-refractivity contribution < 1.29 is 0 Å². The lowest BCUT2D eigenvalue weighted by Crippen LogP contribution is -2.61. The van der Waals surface area contributed by atoms with Crippen LogP contribution in [0.15, 0.2) is 0 Å². The van der Waals surface area contributed by atoms with Gasteiger partial charge in [-0.2, -0.15) is 0 Å². The van der Waals surface area contributed by atoms with E-state index in [1.165, 1.54) is 51.4 Å². The lowest BCUT2D eigenvalue weighted by Gasteiger charge is -2.67. The lowest BCUT2D eigenvalue weighted by atomic mass is 9.39. The molecule has 0 heterocycles. The maximum Gasteiger partial charge on any atom is 0.0133 e. The summed E-state index contributed by atoms with van der Waals surface area (Å²) in [4.78, 5) is 0. The highest BCUT2D eigenvalue weighted by Gasteiger charge is 2.61. The van der Waals surface area contributed by atoms with E-state index in [4.69, 9.17) is 6.42 Å². The molecule has 21 heavy (non-hydrogen) atoms. The molecule has 1 heteroatoms. The van der Waals surface area contributed by atoms with Crippen molar-refractivity contribution in [1.82, 2.24) is 5.32 Å². The molecule has 3 unspecified atom stereocenters. The molecule has 3 atom stereocenters. The smallest absolute Gasteiger partial charge is 0.0133 e. The van der Waals surface area contributed by atoms with Crippen LogP contribution >= 0.6 is 0 Å². The van der Waals surface area contributed by atoms with Crippen molar-refractivity contribution in [3.05, 3.63) is 0 Å². The third kappa shape index (κ3) is 2.77. The summed E-state index contributed by atoms with van der Waals surface area (Å²) in [5.74, 6) is 3.87. The molecule has 0 saturated heterocycles. The first-order valence-electron chi connectivity index (χ1n) is 9.10. The predicted molar refractivity (Wildman–Crippen MR) is 90.0 cm³/mol. The molecule has 4 rings (SSSR count). The summed E-state index contributed by atoms with van der Waals surface area (Å²) in [5.41, 5.74) is 1.75. The van der Waals surface area contributed by atoms with Gasteiger partial charge in [-0.1, -0.05) is 20.8 Å². The molecule has 4 aliphatic carbocycles. The zero-order valence-corrected chi connectivity index (χ0v) is 14.3. The summed E-state index contributed by atoms with van der Waals surface area (Å²) in [6.07, 6.45) is 17.7. The number of hydrogen-bond acceptors (Lipinski definition) is 1. The monoisotopic (exact) mass is 287 g/mol. The molecule has 0 aliphatic heterocycles. The van der Waals surface area contributed by atoms with Gasteiger partial charge in [0.15, 0.2) is 0 Å². The topological polar surface area (TPSA) is 12.0 Å².